The summed E-state index contributed by atoms with van der Waals surface area (Å²) in [6.07, 6.45) is 51.6. The number of carbonyl (C=O) groups is 2. The van der Waals surface area contributed by atoms with Crippen LogP contribution in [0.1, 0.15) is 213 Å². The highest BCUT2D eigenvalue weighted by molar-refractivity contribution is 5.70. The molecule has 5 heteroatoms. The van der Waals surface area contributed by atoms with E-state index in [1.165, 1.54) is 116 Å². The van der Waals surface area contributed by atoms with Crippen molar-refractivity contribution >= 4 is 11.9 Å². The van der Waals surface area contributed by atoms with Crippen molar-refractivity contribution in [2.24, 2.45) is 0 Å². The minimum absolute atomic E-state index is 0.0493. The molecule has 1 unspecified atom stereocenters. The minimum atomic E-state index is -0.556. The smallest absolute Gasteiger partial charge is 0.306 e. The number of carbonyl (C=O) groups excluding carboxylic acids is 2. The second-order valence-corrected chi connectivity index (χ2v) is 14.6. The highest BCUT2D eigenvalue weighted by Gasteiger charge is 2.17. The van der Waals surface area contributed by atoms with Gasteiger partial charge in [0.05, 0.1) is 6.61 Å². The summed E-state index contributed by atoms with van der Waals surface area (Å²) in [6, 6.07) is 0. The zero-order valence-corrected chi connectivity index (χ0v) is 34.6. The molecule has 5 nitrogen and oxygen atoms in total. The van der Waals surface area contributed by atoms with E-state index in [0.717, 1.165) is 57.8 Å². The number of unbranched alkanes of at least 4 members (excludes halogenated alkanes) is 21. The van der Waals surface area contributed by atoms with Crippen molar-refractivity contribution in [3.63, 3.8) is 0 Å². The summed E-state index contributed by atoms with van der Waals surface area (Å²) in [7, 11) is 0. The van der Waals surface area contributed by atoms with E-state index in [4.69, 9.17) is 14.2 Å². The lowest BCUT2D eigenvalue weighted by atomic mass is 10.0. The highest BCUT2D eigenvalue weighted by atomic mass is 16.6. The van der Waals surface area contributed by atoms with Crippen molar-refractivity contribution in [1.82, 2.24) is 0 Å². The first-order valence-electron chi connectivity index (χ1n) is 22.2. The summed E-state index contributed by atoms with van der Waals surface area (Å²) in [4.78, 5) is 24.9. The fraction of sp³-hybridized carbons (Fsp3) is 0.787. The monoisotopic (exact) mass is 729 g/mol. The molecule has 0 radical (unpaired) electrons. The lowest BCUT2D eigenvalue weighted by Crippen LogP contribution is -2.30. The molecule has 52 heavy (non-hydrogen) atoms. The van der Waals surface area contributed by atoms with Gasteiger partial charge in [0.15, 0.2) is 6.10 Å². The van der Waals surface area contributed by atoms with Crippen LogP contribution in [0.5, 0.6) is 0 Å². The Hall–Kier alpha value is -2.14. The Labute approximate surface area is 322 Å². The molecule has 0 N–H and O–H groups in total. The van der Waals surface area contributed by atoms with Crippen LogP contribution in [0.15, 0.2) is 48.6 Å². The van der Waals surface area contributed by atoms with Crippen LogP contribution in [0, 0.1) is 0 Å². The van der Waals surface area contributed by atoms with Crippen molar-refractivity contribution in [2.45, 2.75) is 219 Å². The van der Waals surface area contributed by atoms with Gasteiger partial charge in [0.25, 0.3) is 0 Å². The maximum absolute atomic E-state index is 12.5. The second kappa shape index (κ2) is 43.3. The van der Waals surface area contributed by atoms with E-state index in [1.807, 2.05) is 6.08 Å². The van der Waals surface area contributed by atoms with Crippen molar-refractivity contribution in [2.75, 3.05) is 19.8 Å². The van der Waals surface area contributed by atoms with Crippen LogP contribution in [0.4, 0.5) is 0 Å². The molecule has 0 aromatic rings. The number of esters is 2. The molecule has 1 atom stereocenters. The second-order valence-electron chi connectivity index (χ2n) is 14.6. The number of allylic oxidation sites excluding steroid dienone is 8. The summed E-state index contributed by atoms with van der Waals surface area (Å²) < 4.78 is 17.1. The Morgan fingerprint density at radius 1 is 0.442 bits per heavy atom. The van der Waals surface area contributed by atoms with E-state index >= 15 is 0 Å². The largest absolute Gasteiger partial charge is 0.462 e. The molecular weight excluding hydrogens is 645 g/mol. The molecule has 0 saturated carbocycles. The van der Waals surface area contributed by atoms with Crippen LogP contribution >= 0.6 is 0 Å². The fourth-order valence-electron chi connectivity index (χ4n) is 6.11. The molecule has 0 rings (SSSR count). The molecule has 0 spiro atoms. The maximum Gasteiger partial charge on any atom is 0.306 e. The van der Waals surface area contributed by atoms with Gasteiger partial charge in [0.2, 0.25) is 0 Å². The van der Waals surface area contributed by atoms with Gasteiger partial charge in [0, 0.05) is 19.4 Å². The molecule has 0 aromatic carbocycles. The molecule has 302 valence electrons. The predicted molar refractivity (Wildman–Crippen MR) is 224 cm³/mol. The third kappa shape index (κ3) is 40.6. The lowest BCUT2D eigenvalue weighted by molar-refractivity contribution is -0.162. The van der Waals surface area contributed by atoms with Crippen LogP contribution < -0.4 is 0 Å². The Morgan fingerprint density at radius 3 is 1.35 bits per heavy atom. The molecule has 0 bridgehead atoms. The Balaban J connectivity index is 4.10. The summed E-state index contributed by atoms with van der Waals surface area (Å²) in [6.45, 7) is 7.58. The highest BCUT2D eigenvalue weighted by Crippen LogP contribution is 2.15. The van der Waals surface area contributed by atoms with Crippen LogP contribution in [0.25, 0.3) is 0 Å². The van der Waals surface area contributed by atoms with Crippen molar-refractivity contribution < 1.29 is 23.8 Å². The summed E-state index contributed by atoms with van der Waals surface area (Å²) >= 11 is 0. The van der Waals surface area contributed by atoms with Crippen LogP contribution in [0.3, 0.4) is 0 Å². The summed E-state index contributed by atoms with van der Waals surface area (Å²) in [5.41, 5.74) is 0. The average molecular weight is 729 g/mol. The van der Waals surface area contributed by atoms with E-state index in [0.29, 0.717) is 25.9 Å². The van der Waals surface area contributed by atoms with E-state index in [1.54, 1.807) is 0 Å². The summed E-state index contributed by atoms with van der Waals surface area (Å²) in [5.74, 6) is -0.499. The van der Waals surface area contributed by atoms with Gasteiger partial charge in [-0.05, 0) is 44.9 Å². The van der Waals surface area contributed by atoms with Crippen LogP contribution in [0.2, 0.25) is 0 Å². The van der Waals surface area contributed by atoms with Gasteiger partial charge in [-0.25, -0.2) is 0 Å². The normalized spacial score (nSPS) is 12.6. The number of hydrogen-bond acceptors (Lipinski definition) is 5. The Kier molecular flexibility index (Phi) is 41.5. The van der Waals surface area contributed by atoms with Crippen molar-refractivity contribution in [3.05, 3.63) is 48.6 Å². The lowest BCUT2D eigenvalue weighted by Gasteiger charge is -2.18. The van der Waals surface area contributed by atoms with E-state index in [-0.39, 0.29) is 25.2 Å². The van der Waals surface area contributed by atoms with Gasteiger partial charge in [-0.1, -0.05) is 204 Å². The molecular formula is C47H84O5. The number of rotatable bonds is 40. The predicted octanol–water partition coefficient (Wildman–Crippen LogP) is 14.4. The quantitative estimate of drug-likeness (QED) is 0.0357. The van der Waals surface area contributed by atoms with Gasteiger partial charge in [-0.15, -0.1) is 0 Å². The first kappa shape index (κ1) is 49.9. The van der Waals surface area contributed by atoms with E-state index < -0.39 is 6.10 Å². The molecule has 0 aliphatic heterocycles. The van der Waals surface area contributed by atoms with Crippen LogP contribution in [-0.4, -0.2) is 37.9 Å². The summed E-state index contributed by atoms with van der Waals surface area (Å²) in [5, 5.41) is 0. The fourth-order valence-corrected chi connectivity index (χ4v) is 6.11. The third-order valence-corrected chi connectivity index (χ3v) is 9.39. The molecule has 0 fully saturated rings. The minimum Gasteiger partial charge on any atom is -0.462 e. The molecule has 0 amide bonds. The number of hydrogen-bond donors (Lipinski definition) is 0. The van der Waals surface area contributed by atoms with E-state index in [9.17, 15) is 9.59 Å². The zero-order valence-electron chi connectivity index (χ0n) is 34.6. The molecule has 0 aromatic heterocycles. The topological polar surface area (TPSA) is 61.8 Å². The molecule has 0 aliphatic rings. The molecule has 0 aliphatic carbocycles. The third-order valence-electron chi connectivity index (χ3n) is 9.39. The van der Waals surface area contributed by atoms with Crippen molar-refractivity contribution in [3.8, 4) is 0 Å². The zero-order chi connectivity index (χ0) is 37.8. The van der Waals surface area contributed by atoms with Crippen molar-refractivity contribution in [1.29, 1.82) is 0 Å². The maximum atomic E-state index is 12.5. The van der Waals surface area contributed by atoms with Crippen LogP contribution in [-0.2, 0) is 23.8 Å². The average Bonchev–Trinajstić information content (AvgIpc) is 3.14. The van der Waals surface area contributed by atoms with Gasteiger partial charge >= 0.3 is 11.9 Å². The molecule has 0 saturated heterocycles. The van der Waals surface area contributed by atoms with Gasteiger partial charge < -0.3 is 14.2 Å². The van der Waals surface area contributed by atoms with Gasteiger partial charge in [-0.2, -0.15) is 0 Å². The molecule has 0 heterocycles. The SMILES string of the molecule is CC/C=C\C/C=C\C/C=C\C/C=C\CCC(=O)OCC(COCCCCCCCCCCCCCCCCCCCC)OC(=O)CCCCCCC. The van der Waals surface area contributed by atoms with Gasteiger partial charge in [-0.3, -0.25) is 9.59 Å². The number of ether oxygens (including phenoxy) is 3. The Bertz CT molecular complexity index is 873. The first-order chi connectivity index (χ1) is 25.6. The van der Waals surface area contributed by atoms with E-state index in [2.05, 4.69) is 63.3 Å². The standard InChI is InChI=1S/C47H84O5/c1-4-7-10-13-15-17-19-21-22-23-24-25-27-29-31-33-36-39-42-50-43-45(52-47(49)41-38-34-12-9-6-3)44-51-46(48)40-37-35-32-30-28-26-20-18-16-14-11-8-5-2/h8,11,16,18,26,28,32,35,45H,4-7,9-10,12-15,17,19-25,27,29-31,33-34,36-44H2,1-3H3/b11-8-,18-16-,28-26-,35-32-. The first-order valence-corrected chi connectivity index (χ1v) is 22.2. The Morgan fingerprint density at radius 2 is 0.865 bits per heavy atom. The van der Waals surface area contributed by atoms with Gasteiger partial charge in [0.1, 0.15) is 6.61 Å².